The quantitative estimate of drug-likeness (QED) is 0.687. The fourth-order valence-corrected chi connectivity index (χ4v) is 5.02. The van der Waals surface area contributed by atoms with Crippen molar-refractivity contribution in [2.45, 2.75) is 52.1 Å². The summed E-state index contributed by atoms with van der Waals surface area (Å²) in [5, 5.41) is 3.03. The number of halogens is 2. The molecule has 0 radical (unpaired) electrons. The maximum absolute atomic E-state index is 14.4. The molecule has 0 spiro atoms. The zero-order valence-corrected chi connectivity index (χ0v) is 19.9. The Hall–Kier alpha value is -2.51. The van der Waals surface area contributed by atoms with Crippen molar-refractivity contribution in [3.63, 3.8) is 0 Å². The maximum Gasteiger partial charge on any atom is 0.257 e. The van der Waals surface area contributed by atoms with E-state index >= 15 is 0 Å². The van der Waals surface area contributed by atoms with Crippen LogP contribution in [0.4, 0.5) is 10.1 Å². The predicted octanol–water partition coefficient (Wildman–Crippen LogP) is 4.66. The molecular weight excluding hydrogens is 443 g/mol. The Morgan fingerprint density at radius 1 is 1.21 bits per heavy atom. The third kappa shape index (κ3) is 5.53. The molecule has 1 aliphatic heterocycles. The maximum atomic E-state index is 14.4. The summed E-state index contributed by atoms with van der Waals surface area (Å²) in [5.41, 5.74) is 2.02. The van der Waals surface area contributed by atoms with Gasteiger partial charge in [-0.05, 0) is 56.5 Å². The Balaban J connectivity index is 1.42. The summed E-state index contributed by atoms with van der Waals surface area (Å²) < 4.78 is 14.4. The van der Waals surface area contributed by atoms with E-state index in [2.05, 4.69) is 22.1 Å². The van der Waals surface area contributed by atoms with Gasteiger partial charge in [0.05, 0.1) is 16.3 Å². The lowest BCUT2D eigenvalue weighted by Gasteiger charge is -2.41. The lowest BCUT2D eigenvalue weighted by Crippen LogP contribution is -2.54. The van der Waals surface area contributed by atoms with Gasteiger partial charge in [0.25, 0.3) is 5.91 Å². The van der Waals surface area contributed by atoms with E-state index in [0.717, 1.165) is 31.4 Å². The monoisotopic (exact) mass is 472 g/mol. The first-order valence-electron chi connectivity index (χ1n) is 11.6. The molecule has 2 aliphatic rings. The summed E-state index contributed by atoms with van der Waals surface area (Å²) in [4.78, 5) is 33.7. The van der Waals surface area contributed by atoms with E-state index < -0.39 is 11.7 Å². The first-order chi connectivity index (χ1) is 15.8. The zero-order valence-electron chi connectivity index (χ0n) is 19.1. The van der Waals surface area contributed by atoms with Crippen molar-refractivity contribution in [2.75, 3.05) is 25.0 Å². The van der Waals surface area contributed by atoms with Crippen LogP contribution in [0.3, 0.4) is 0 Å². The number of carbonyl (C=O) groups excluding carboxylic acids is 2. The fraction of sp³-hybridized carbons (Fsp3) is 0.480. The molecule has 176 valence electrons. The van der Waals surface area contributed by atoms with Gasteiger partial charge >= 0.3 is 0 Å². The van der Waals surface area contributed by atoms with Crippen molar-refractivity contribution in [3.8, 4) is 0 Å². The van der Waals surface area contributed by atoms with Crippen molar-refractivity contribution in [1.82, 2.24) is 14.8 Å². The Morgan fingerprint density at radius 3 is 2.64 bits per heavy atom. The Labute approximate surface area is 199 Å². The van der Waals surface area contributed by atoms with E-state index in [9.17, 15) is 14.0 Å². The molecule has 8 heteroatoms. The first-order valence-corrected chi connectivity index (χ1v) is 11.9. The molecule has 1 aromatic heterocycles. The van der Waals surface area contributed by atoms with Gasteiger partial charge in [0.15, 0.2) is 0 Å². The second kappa shape index (κ2) is 10.2. The van der Waals surface area contributed by atoms with Crippen molar-refractivity contribution >= 4 is 29.1 Å². The normalized spacial score (nSPS) is 19.6. The predicted molar refractivity (Wildman–Crippen MR) is 127 cm³/mol. The number of piperazine rings is 1. The first kappa shape index (κ1) is 23.6. The van der Waals surface area contributed by atoms with E-state index in [0.29, 0.717) is 42.3 Å². The van der Waals surface area contributed by atoms with Crippen LogP contribution in [-0.4, -0.2) is 52.3 Å². The molecule has 4 rings (SSSR count). The minimum absolute atomic E-state index is 0.0902. The van der Waals surface area contributed by atoms with Crippen LogP contribution in [0, 0.1) is 18.7 Å². The summed E-state index contributed by atoms with van der Waals surface area (Å²) in [6, 6.07) is 6.14. The van der Waals surface area contributed by atoms with Crippen molar-refractivity contribution < 1.29 is 14.0 Å². The number of benzene rings is 1. The van der Waals surface area contributed by atoms with Gasteiger partial charge in [-0.3, -0.25) is 19.5 Å². The Bertz CT molecular complexity index is 1020. The molecule has 1 unspecified atom stereocenters. The second-order valence-corrected chi connectivity index (χ2v) is 9.54. The topological polar surface area (TPSA) is 65.5 Å². The number of anilines is 1. The van der Waals surface area contributed by atoms with Gasteiger partial charge in [-0.25, -0.2) is 4.39 Å². The molecule has 33 heavy (non-hydrogen) atoms. The summed E-state index contributed by atoms with van der Waals surface area (Å²) >= 11 is 6.57. The van der Waals surface area contributed by atoms with Crippen molar-refractivity contribution in [2.24, 2.45) is 5.92 Å². The van der Waals surface area contributed by atoms with Gasteiger partial charge in [-0.2, -0.15) is 0 Å². The average molecular weight is 473 g/mol. The Morgan fingerprint density at radius 2 is 1.97 bits per heavy atom. The lowest BCUT2D eigenvalue weighted by atomic mass is 10.0. The molecular formula is C25H30ClFN4O2. The standard InChI is InChI=1S/C25H30ClFN4O2/c1-16-7-8-19(13-28-16)24(32)29-22-12-21(27)11-20(23(22)26)15-30-9-10-31(17(2)14-30)25(33)18-5-3-4-6-18/h7-8,11-13,17-18H,3-6,9-10,14-15H2,1-2H3,(H,29,32). The average Bonchev–Trinajstić information content (AvgIpc) is 3.32. The summed E-state index contributed by atoms with van der Waals surface area (Å²) in [6.45, 7) is 6.40. The number of carbonyl (C=O) groups is 2. The molecule has 1 saturated heterocycles. The third-order valence-corrected chi connectivity index (χ3v) is 7.07. The summed E-state index contributed by atoms with van der Waals surface area (Å²) in [6.07, 6.45) is 5.76. The van der Waals surface area contributed by atoms with E-state index in [4.69, 9.17) is 11.6 Å². The van der Waals surface area contributed by atoms with Crippen LogP contribution in [0.15, 0.2) is 30.5 Å². The van der Waals surface area contributed by atoms with Crippen LogP contribution in [0.1, 0.15) is 54.2 Å². The Kier molecular flexibility index (Phi) is 7.29. The van der Waals surface area contributed by atoms with Gasteiger partial charge in [-0.1, -0.05) is 24.4 Å². The van der Waals surface area contributed by atoms with E-state index in [1.165, 1.54) is 18.3 Å². The number of amides is 2. The lowest BCUT2D eigenvalue weighted by molar-refractivity contribution is -0.140. The number of nitrogens with one attached hydrogen (secondary N) is 1. The molecule has 6 nitrogen and oxygen atoms in total. The minimum Gasteiger partial charge on any atom is -0.337 e. The van der Waals surface area contributed by atoms with Gasteiger partial charge in [-0.15, -0.1) is 0 Å². The molecule has 2 fully saturated rings. The van der Waals surface area contributed by atoms with E-state index in [1.807, 2.05) is 11.8 Å². The van der Waals surface area contributed by atoms with Gasteiger partial charge < -0.3 is 10.2 Å². The number of aromatic nitrogens is 1. The summed E-state index contributed by atoms with van der Waals surface area (Å²) in [5.74, 6) is -0.408. The van der Waals surface area contributed by atoms with E-state index in [-0.39, 0.29) is 23.6 Å². The van der Waals surface area contributed by atoms with Gasteiger partial charge in [0.1, 0.15) is 5.82 Å². The second-order valence-electron chi connectivity index (χ2n) is 9.17. The zero-order chi connectivity index (χ0) is 23.5. The van der Waals surface area contributed by atoms with Gasteiger partial charge in [0.2, 0.25) is 5.91 Å². The van der Waals surface area contributed by atoms with Crippen LogP contribution in [-0.2, 0) is 11.3 Å². The number of nitrogens with zero attached hydrogens (tertiary/aromatic N) is 3. The van der Waals surface area contributed by atoms with Crippen molar-refractivity contribution in [1.29, 1.82) is 0 Å². The summed E-state index contributed by atoms with van der Waals surface area (Å²) in [7, 11) is 0. The largest absolute Gasteiger partial charge is 0.337 e. The highest BCUT2D eigenvalue weighted by Crippen LogP contribution is 2.31. The fourth-order valence-electron chi connectivity index (χ4n) is 4.80. The molecule has 2 heterocycles. The van der Waals surface area contributed by atoms with Crippen LogP contribution < -0.4 is 5.32 Å². The van der Waals surface area contributed by atoms with Crippen LogP contribution >= 0.6 is 11.6 Å². The highest BCUT2D eigenvalue weighted by atomic mass is 35.5. The van der Waals surface area contributed by atoms with Crippen LogP contribution in [0.2, 0.25) is 5.02 Å². The molecule has 1 aliphatic carbocycles. The highest BCUT2D eigenvalue weighted by molar-refractivity contribution is 6.34. The molecule has 2 aromatic rings. The smallest absolute Gasteiger partial charge is 0.257 e. The van der Waals surface area contributed by atoms with Crippen molar-refractivity contribution in [3.05, 3.63) is 58.1 Å². The van der Waals surface area contributed by atoms with Crippen LogP contribution in [0.5, 0.6) is 0 Å². The third-order valence-electron chi connectivity index (χ3n) is 6.63. The van der Waals surface area contributed by atoms with E-state index in [1.54, 1.807) is 12.1 Å². The number of pyridine rings is 1. The molecule has 2 amide bonds. The number of aryl methyl sites for hydroxylation is 1. The van der Waals surface area contributed by atoms with Crippen LogP contribution in [0.25, 0.3) is 0 Å². The molecule has 1 saturated carbocycles. The minimum atomic E-state index is -0.463. The van der Waals surface area contributed by atoms with Gasteiger partial charge in [0, 0.05) is 50.0 Å². The number of rotatable bonds is 5. The molecule has 1 aromatic carbocycles. The number of hydrogen-bond donors (Lipinski definition) is 1. The number of hydrogen-bond acceptors (Lipinski definition) is 4. The SMILES string of the molecule is Cc1ccc(C(=O)Nc2cc(F)cc(CN3CCN(C(=O)C4CCCC4)C(C)C3)c2Cl)cn1. The molecule has 1 N–H and O–H groups in total. The highest BCUT2D eigenvalue weighted by Gasteiger charge is 2.33. The molecule has 0 bridgehead atoms. The molecule has 1 atom stereocenters.